The zero-order chi connectivity index (χ0) is 20.0. The van der Waals surface area contributed by atoms with E-state index in [0.29, 0.717) is 31.7 Å². The summed E-state index contributed by atoms with van der Waals surface area (Å²) in [5.41, 5.74) is 0.767. The molecule has 1 amide bonds. The second-order valence-electron chi connectivity index (χ2n) is 6.73. The minimum absolute atomic E-state index is 0.0124. The van der Waals surface area contributed by atoms with E-state index in [4.69, 9.17) is 4.74 Å². The fourth-order valence-corrected chi connectivity index (χ4v) is 4.08. The molecule has 0 radical (unpaired) electrons. The Hall–Kier alpha value is -2.13. The Morgan fingerprint density at radius 2 is 1.93 bits per heavy atom. The third kappa shape index (κ3) is 5.93. The minimum atomic E-state index is -3.24. The normalized spacial score (nSPS) is 17.3. The number of methoxy groups -OCH3 is 1. The number of carboxylic acids is 1. The van der Waals surface area contributed by atoms with E-state index in [1.807, 2.05) is 12.1 Å². The van der Waals surface area contributed by atoms with Crippen LogP contribution in [-0.4, -0.2) is 62.7 Å². The number of carbonyl (C=O) groups is 2. The van der Waals surface area contributed by atoms with Crippen molar-refractivity contribution in [2.75, 3.05) is 33.0 Å². The summed E-state index contributed by atoms with van der Waals surface area (Å²) in [5, 5.41) is 12.2. The smallest absolute Gasteiger partial charge is 0.308 e. The quantitative estimate of drug-likeness (QED) is 0.667. The first-order valence-electron chi connectivity index (χ1n) is 8.80. The summed E-state index contributed by atoms with van der Waals surface area (Å²) in [7, 11) is -1.71. The fraction of sp³-hybridized carbons (Fsp3) is 0.556. The molecule has 1 aromatic carbocycles. The standard InChI is InChI=1S/C18H26N2O6S/c1-26-16-6-4-3-5-14(16)11-15(18(22)23)12-19-17(21)13-7-9-20(10-8-13)27(2,24)25/h3-6,13,15H,7-12H2,1-2H3,(H,19,21)(H,22,23). The van der Waals surface area contributed by atoms with Crippen LogP contribution in [0.1, 0.15) is 18.4 Å². The molecule has 1 heterocycles. The Morgan fingerprint density at radius 3 is 2.48 bits per heavy atom. The molecule has 1 saturated heterocycles. The van der Waals surface area contributed by atoms with Gasteiger partial charge >= 0.3 is 5.97 Å². The molecule has 0 saturated carbocycles. The Labute approximate surface area is 159 Å². The van der Waals surface area contributed by atoms with E-state index in [2.05, 4.69) is 5.32 Å². The zero-order valence-corrected chi connectivity index (χ0v) is 16.4. The van der Waals surface area contributed by atoms with Gasteiger partial charge in [0.05, 0.1) is 19.3 Å². The number of nitrogens with zero attached hydrogens (tertiary/aromatic N) is 1. The Kier molecular flexibility index (Phi) is 7.20. The lowest BCUT2D eigenvalue weighted by Crippen LogP contribution is -2.44. The molecule has 0 aromatic heterocycles. The van der Waals surface area contributed by atoms with Gasteiger partial charge in [-0.05, 0) is 30.9 Å². The first-order valence-corrected chi connectivity index (χ1v) is 10.6. The van der Waals surface area contributed by atoms with Crippen molar-refractivity contribution in [1.82, 2.24) is 9.62 Å². The van der Waals surface area contributed by atoms with Crippen LogP contribution >= 0.6 is 0 Å². The van der Waals surface area contributed by atoms with Gasteiger partial charge < -0.3 is 15.2 Å². The Balaban J connectivity index is 1.90. The predicted molar refractivity (Wildman–Crippen MR) is 100.0 cm³/mol. The molecule has 1 aliphatic heterocycles. The van der Waals surface area contributed by atoms with Crippen molar-refractivity contribution in [2.24, 2.45) is 11.8 Å². The average Bonchev–Trinajstić information content (AvgIpc) is 2.64. The lowest BCUT2D eigenvalue weighted by Gasteiger charge is -2.29. The van der Waals surface area contributed by atoms with Crippen molar-refractivity contribution in [1.29, 1.82) is 0 Å². The summed E-state index contributed by atoms with van der Waals surface area (Å²) in [6.45, 7) is 0.624. The second kappa shape index (κ2) is 9.18. The number of sulfonamides is 1. The number of ether oxygens (including phenoxy) is 1. The van der Waals surface area contributed by atoms with E-state index < -0.39 is 21.9 Å². The third-order valence-corrected chi connectivity index (χ3v) is 6.13. The maximum atomic E-state index is 12.4. The van der Waals surface area contributed by atoms with Crippen LogP contribution < -0.4 is 10.1 Å². The summed E-state index contributed by atoms with van der Waals surface area (Å²) in [6, 6.07) is 7.19. The molecule has 1 aliphatic rings. The number of hydrogen-bond acceptors (Lipinski definition) is 5. The van der Waals surface area contributed by atoms with Gasteiger partial charge in [-0.25, -0.2) is 12.7 Å². The number of amides is 1. The van der Waals surface area contributed by atoms with Crippen molar-refractivity contribution < 1.29 is 27.9 Å². The van der Waals surface area contributed by atoms with E-state index in [1.165, 1.54) is 11.4 Å². The number of hydrogen-bond donors (Lipinski definition) is 2. The number of nitrogens with one attached hydrogen (secondary N) is 1. The number of para-hydroxylation sites is 1. The molecule has 0 aliphatic carbocycles. The van der Waals surface area contributed by atoms with Crippen molar-refractivity contribution >= 4 is 21.9 Å². The van der Waals surface area contributed by atoms with E-state index in [1.54, 1.807) is 12.1 Å². The maximum absolute atomic E-state index is 12.4. The van der Waals surface area contributed by atoms with Crippen LogP contribution in [0.25, 0.3) is 0 Å². The first kappa shape index (κ1) is 21.2. The van der Waals surface area contributed by atoms with Gasteiger partial charge in [-0.2, -0.15) is 0 Å². The third-order valence-electron chi connectivity index (χ3n) is 4.82. The lowest BCUT2D eigenvalue weighted by atomic mass is 9.95. The minimum Gasteiger partial charge on any atom is -0.496 e. The van der Waals surface area contributed by atoms with Crippen LogP contribution in [0.2, 0.25) is 0 Å². The van der Waals surface area contributed by atoms with Crippen LogP contribution in [0.3, 0.4) is 0 Å². The largest absolute Gasteiger partial charge is 0.496 e. The summed E-state index contributed by atoms with van der Waals surface area (Å²) in [4.78, 5) is 23.9. The molecule has 150 valence electrons. The molecule has 27 heavy (non-hydrogen) atoms. The molecule has 1 atom stereocenters. The molecule has 2 N–H and O–H groups in total. The van der Waals surface area contributed by atoms with Crippen LogP contribution in [-0.2, 0) is 26.0 Å². The van der Waals surface area contributed by atoms with Gasteiger partial charge in [0.15, 0.2) is 0 Å². The summed E-state index contributed by atoms with van der Waals surface area (Å²) in [5.74, 6) is -1.68. The first-order chi connectivity index (χ1) is 12.7. The lowest BCUT2D eigenvalue weighted by molar-refractivity contribution is -0.141. The summed E-state index contributed by atoms with van der Waals surface area (Å²) >= 11 is 0. The number of benzene rings is 1. The van der Waals surface area contributed by atoms with Gasteiger partial charge in [-0.1, -0.05) is 18.2 Å². The van der Waals surface area contributed by atoms with Gasteiger partial charge in [0.2, 0.25) is 15.9 Å². The van der Waals surface area contributed by atoms with Gasteiger partial charge in [-0.3, -0.25) is 9.59 Å². The summed E-state index contributed by atoms with van der Waals surface area (Å²) < 4.78 is 29.7. The van der Waals surface area contributed by atoms with Crippen LogP contribution in [0, 0.1) is 11.8 Å². The van der Waals surface area contributed by atoms with Crippen molar-refractivity contribution in [3.8, 4) is 5.75 Å². The average molecular weight is 398 g/mol. The van der Waals surface area contributed by atoms with Gasteiger partial charge in [0.1, 0.15) is 5.75 Å². The SMILES string of the molecule is COc1ccccc1CC(CNC(=O)C1CCN(S(C)(=O)=O)CC1)C(=O)O. The monoisotopic (exact) mass is 398 g/mol. The maximum Gasteiger partial charge on any atom is 0.308 e. The zero-order valence-electron chi connectivity index (χ0n) is 15.6. The fourth-order valence-electron chi connectivity index (χ4n) is 3.20. The van der Waals surface area contributed by atoms with Crippen molar-refractivity contribution in [2.45, 2.75) is 19.3 Å². The molecule has 1 aromatic rings. The predicted octanol–water partition coefficient (Wildman–Crippen LogP) is 0.726. The van der Waals surface area contributed by atoms with E-state index in [-0.39, 0.29) is 24.8 Å². The van der Waals surface area contributed by atoms with Crippen LogP contribution in [0.15, 0.2) is 24.3 Å². The highest BCUT2D eigenvalue weighted by Crippen LogP contribution is 2.22. The number of carbonyl (C=O) groups excluding carboxylic acids is 1. The number of piperidine rings is 1. The van der Waals surface area contributed by atoms with E-state index in [0.717, 1.165) is 11.8 Å². The molecule has 9 heteroatoms. The molecule has 2 rings (SSSR count). The molecular formula is C18H26N2O6S. The summed E-state index contributed by atoms with van der Waals surface area (Å²) in [6.07, 6.45) is 2.27. The highest BCUT2D eigenvalue weighted by atomic mass is 32.2. The van der Waals surface area contributed by atoms with Gasteiger partial charge in [-0.15, -0.1) is 0 Å². The topological polar surface area (TPSA) is 113 Å². The molecule has 8 nitrogen and oxygen atoms in total. The highest BCUT2D eigenvalue weighted by molar-refractivity contribution is 7.88. The number of aliphatic carboxylic acids is 1. The molecule has 1 unspecified atom stereocenters. The molecule has 0 bridgehead atoms. The molecule has 0 spiro atoms. The highest BCUT2D eigenvalue weighted by Gasteiger charge is 2.29. The second-order valence-corrected chi connectivity index (χ2v) is 8.72. The number of carboxylic acid groups (broad SMARTS) is 1. The van der Waals surface area contributed by atoms with E-state index in [9.17, 15) is 23.1 Å². The van der Waals surface area contributed by atoms with Crippen molar-refractivity contribution in [3.63, 3.8) is 0 Å². The van der Waals surface area contributed by atoms with Gasteiger partial charge in [0.25, 0.3) is 0 Å². The Bertz CT molecular complexity index is 772. The molecular weight excluding hydrogens is 372 g/mol. The molecule has 1 fully saturated rings. The van der Waals surface area contributed by atoms with Crippen LogP contribution in [0.5, 0.6) is 5.75 Å². The number of rotatable bonds is 8. The van der Waals surface area contributed by atoms with Crippen LogP contribution in [0.4, 0.5) is 0 Å². The van der Waals surface area contributed by atoms with E-state index >= 15 is 0 Å². The Morgan fingerprint density at radius 1 is 1.30 bits per heavy atom. The van der Waals surface area contributed by atoms with Crippen molar-refractivity contribution in [3.05, 3.63) is 29.8 Å². The van der Waals surface area contributed by atoms with Gasteiger partial charge in [0, 0.05) is 25.6 Å².